The molecule has 1 unspecified atom stereocenters. The standard InChI is InChI=1S/C17H22F2N2O2/c1-5-13-10-12(6-8-20-13)14-11-21(9-7-17(14,18)19)15(22)23-16(2,3)4/h5-6,8,10,14H,1,7,9,11H2,2-4H3. The van der Waals surface area contributed by atoms with Crippen molar-refractivity contribution < 1.29 is 18.3 Å². The summed E-state index contributed by atoms with van der Waals surface area (Å²) in [5, 5.41) is 0. The number of rotatable bonds is 2. The van der Waals surface area contributed by atoms with Gasteiger partial charge in [0, 0.05) is 25.7 Å². The van der Waals surface area contributed by atoms with Crippen molar-refractivity contribution in [2.24, 2.45) is 0 Å². The molecule has 1 aliphatic rings. The smallest absolute Gasteiger partial charge is 0.410 e. The number of halogens is 2. The highest BCUT2D eigenvalue weighted by Crippen LogP contribution is 2.40. The zero-order valence-electron chi connectivity index (χ0n) is 13.7. The van der Waals surface area contributed by atoms with E-state index in [1.54, 1.807) is 32.9 Å². The van der Waals surface area contributed by atoms with E-state index < -0.39 is 23.5 Å². The second-order valence-electron chi connectivity index (χ2n) is 6.71. The Bertz CT molecular complexity index is 597. The number of carbonyl (C=O) groups is 1. The van der Waals surface area contributed by atoms with E-state index in [-0.39, 0.29) is 19.5 Å². The molecule has 4 nitrogen and oxygen atoms in total. The number of hydrogen-bond donors (Lipinski definition) is 0. The molecule has 1 aliphatic heterocycles. The van der Waals surface area contributed by atoms with Crippen molar-refractivity contribution in [3.63, 3.8) is 0 Å². The first-order valence-corrected chi connectivity index (χ1v) is 7.56. The summed E-state index contributed by atoms with van der Waals surface area (Å²) in [5.41, 5.74) is 0.333. The predicted octanol–water partition coefficient (Wildman–Crippen LogP) is 4.08. The van der Waals surface area contributed by atoms with Gasteiger partial charge in [-0.25, -0.2) is 13.6 Å². The Morgan fingerprint density at radius 2 is 2.22 bits per heavy atom. The van der Waals surface area contributed by atoms with Gasteiger partial charge in [0.1, 0.15) is 5.60 Å². The molecule has 0 radical (unpaired) electrons. The number of carbonyl (C=O) groups excluding carboxylic acids is 1. The average Bonchev–Trinajstić information content (AvgIpc) is 2.45. The summed E-state index contributed by atoms with van der Waals surface area (Å²) >= 11 is 0. The fourth-order valence-electron chi connectivity index (χ4n) is 2.54. The van der Waals surface area contributed by atoms with Crippen LogP contribution in [0.15, 0.2) is 24.9 Å². The zero-order valence-corrected chi connectivity index (χ0v) is 13.7. The average molecular weight is 324 g/mol. The number of amides is 1. The number of nitrogens with zero attached hydrogens (tertiary/aromatic N) is 2. The van der Waals surface area contributed by atoms with Crippen molar-refractivity contribution in [2.75, 3.05) is 13.1 Å². The molecule has 2 heterocycles. The minimum atomic E-state index is -2.88. The lowest BCUT2D eigenvalue weighted by molar-refractivity contribution is -0.0771. The molecule has 0 aliphatic carbocycles. The van der Waals surface area contributed by atoms with Crippen LogP contribution in [0.5, 0.6) is 0 Å². The Hall–Kier alpha value is -1.98. The Balaban J connectivity index is 2.22. The fraction of sp³-hybridized carbons (Fsp3) is 0.529. The van der Waals surface area contributed by atoms with Crippen molar-refractivity contribution in [1.82, 2.24) is 9.88 Å². The first kappa shape index (κ1) is 17.4. The van der Waals surface area contributed by atoms with Gasteiger partial charge >= 0.3 is 6.09 Å². The number of ether oxygens (including phenoxy) is 1. The normalized spacial score (nSPS) is 20.9. The number of hydrogen-bond acceptors (Lipinski definition) is 3. The maximum atomic E-state index is 14.3. The molecule has 1 fully saturated rings. The molecule has 1 aromatic heterocycles. The number of pyridine rings is 1. The van der Waals surface area contributed by atoms with Gasteiger partial charge < -0.3 is 9.64 Å². The molecule has 0 saturated carbocycles. The van der Waals surface area contributed by atoms with Crippen LogP contribution in [0.1, 0.15) is 44.4 Å². The summed E-state index contributed by atoms with van der Waals surface area (Å²) in [7, 11) is 0. The third-order valence-electron chi connectivity index (χ3n) is 3.70. The summed E-state index contributed by atoms with van der Waals surface area (Å²) in [6.07, 6.45) is 2.05. The SMILES string of the molecule is C=Cc1cc(C2CN(C(=O)OC(C)(C)C)CCC2(F)F)ccn1. The lowest BCUT2D eigenvalue weighted by atomic mass is 9.87. The van der Waals surface area contributed by atoms with Gasteiger partial charge in [0.05, 0.1) is 11.6 Å². The highest BCUT2D eigenvalue weighted by Gasteiger charge is 2.46. The summed E-state index contributed by atoms with van der Waals surface area (Å²) in [6.45, 7) is 8.76. The van der Waals surface area contributed by atoms with Crippen LogP contribution in [0.25, 0.3) is 6.08 Å². The molecule has 0 N–H and O–H groups in total. The number of aromatic nitrogens is 1. The van der Waals surface area contributed by atoms with Crippen molar-refractivity contribution >= 4 is 12.2 Å². The van der Waals surface area contributed by atoms with E-state index in [1.165, 1.54) is 17.2 Å². The largest absolute Gasteiger partial charge is 0.444 e. The summed E-state index contributed by atoms with van der Waals surface area (Å²) < 4.78 is 34.0. The molecule has 23 heavy (non-hydrogen) atoms. The third kappa shape index (κ3) is 4.27. The van der Waals surface area contributed by atoms with Gasteiger partial charge in [0.2, 0.25) is 0 Å². The van der Waals surface area contributed by atoms with E-state index in [4.69, 9.17) is 4.74 Å². The Morgan fingerprint density at radius 3 is 2.83 bits per heavy atom. The molecule has 126 valence electrons. The molecule has 2 rings (SSSR count). The van der Waals surface area contributed by atoms with E-state index >= 15 is 0 Å². The van der Waals surface area contributed by atoms with Crippen LogP contribution in [0.3, 0.4) is 0 Å². The highest BCUT2D eigenvalue weighted by molar-refractivity contribution is 5.68. The minimum Gasteiger partial charge on any atom is -0.444 e. The van der Waals surface area contributed by atoms with Crippen LogP contribution in [0, 0.1) is 0 Å². The van der Waals surface area contributed by atoms with Gasteiger partial charge in [0.25, 0.3) is 5.92 Å². The van der Waals surface area contributed by atoms with Crippen molar-refractivity contribution in [1.29, 1.82) is 0 Å². The molecule has 1 saturated heterocycles. The maximum Gasteiger partial charge on any atom is 0.410 e. The van der Waals surface area contributed by atoms with Gasteiger partial charge in [-0.15, -0.1) is 0 Å². The molecule has 0 spiro atoms. The highest BCUT2D eigenvalue weighted by atomic mass is 19.3. The van der Waals surface area contributed by atoms with Gasteiger partial charge in [0.15, 0.2) is 0 Å². The molecule has 0 bridgehead atoms. The van der Waals surface area contributed by atoms with Crippen LogP contribution in [0.2, 0.25) is 0 Å². The maximum absolute atomic E-state index is 14.3. The summed E-state index contributed by atoms with van der Waals surface area (Å²) in [5.74, 6) is -3.95. The van der Waals surface area contributed by atoms with E-state index in [0.717, 1.165) is 0 Å². The molecular formula is C17H22F2N2O2. The molecule has 1 atom stereocenters. The number of piperidine rings is 1. The number of likely N-dealkylation sites (tertiary alicyclic amines) is 1. The third-order valence-corrected chi connectivity index (χ3v) is 3.70. The topological polar surface area (TPSA) is 42.4 Å². The second-order valence-corrected chi connectivity index (χ2v) is 6.71. The fourth-order valence-corrected chi connectivity index (χ4v) is 2.54. The van der Waals surface area contributed by atoms with Crippen LogP contribution >= 0.6 is 0 Å². The number of alkyl halides is 2. The van der Waals surface area contributed by atoms with Gasteiger partial charge in [-0.2, -0.15) is 0 Å². The van der Waals surface area contributed by atoms with Crippen molar-refractivity contribution in [3.05, 3.63) is 36.2 Å². The summed E-state index contributed by atoms with van der Waals surface area (Å²) in [4.78, 5) is 17.5. The molecule has 1 amide bonds. The zero-order chi connectivity index (χ0) is 17.3. The summed E-state index contributed by atoms with van der Waals surface area (Å²) in [6, 6.07) is 3.15. The first-order valence-electron chi connectivity index (χ1n) is 7.56. The quantitative estimate of drug-likeness (QED) is 0.823. The first-order chi connectivity index (χ1) is 10.6. The lowest BCUT2D eigenvalue weighted by Gasteiger charge is -2.39. The van der Waals surface area contributed by atoms with Crippen LogP contribution < -0.4 is 0 Å². The van der Waals surface area contributed by atoms with Crippen molar-refractivity contribution in [3.8, 4) is 0 Å². The molecular weight excluding hydrogens is 302 g/mol. The molecule has 6 heteroatoms. The van der Waals surface area contributed by atoms with Gasteiger partial charge in [-0.3, -0.25) is 4.98 Å². The lowest BCUT2D eigenvalue weighted by Crippen LogP contribution is -2.49. The second kappa shape index (κ2) is 6.26. The van der Waals surface area contributed by atoms with Crippen LogP contribution in [-0.2, 0) is 4.74 Å². The van der Waals surface area contributed by atoms with Crippen molar-refractivity contribution in [2.45, 2.75) is 44.6 Å². The van der Waals surface area contributed by atoms with E-state index in [1.807, 2.05) is 0 Å². The van der Waals surface area contributed by atoms with Crippen LogP contribution in [-0.4, -0.2) is 40.6 Å². The molecule has 1 aromatic rings. The van der Waals surface area contributed by atoms with Gasteiger partial charge in [-0.05, 0) is 44.5 Å². The Morgan fingerprint density at radius 1 is 1.52 bits per heavy atom. The monoisotopic (exact) mass is 324 g/mol. The van der Waals surface area contributed by atoms with E-state index in [9.17, 15) is 13.6 Å². The van der Waals surface area contributed by atoms with Gasteiger partial charge in [-0.1, -0.05) is 6.58 Å². The minimum absolute atomic E-state index is 0.0161. The van der Waals surface area contributed by atoms with Crippen LogP contribution in [0.4, 0.5) is 13.6 Å². The predicted molar refractivity (Wildman–Crippen MR) is 84.4 cm³/mol. The Labute approximate surface area is 135 Å². The Kier molecular flexibility index (Phi) is 4.73. The van der Waals surface area contributed by atoms with E-state index in [2.05, 4.69) is 11.6 Å². The molecule has 0 aromatic carbocycles. The van der Waals surface area contributed by atoms with E-state index in [0.29, 0.717) is 11.3 Å².